The maximum atomic E-state index is 12.5. The summed E-state index contributed by atoms with van der Waals surface area (Å²) in [5, 5.41) is 7.55. The number of nitrogens with one attached hydrogen (secondary N) is 1. The van der Waals surface area contributed by atoms with Gasteiger partial charge in [0.25, 0.3) is 0 Å². The molecule has 4 nitrogen and oxygen atoms in total. The van der Waals surface area contributed by atoms with E-state index in [9.17, 15) is 4.79 Å². The molecular weight excluding hydrogens is 306 g/mol. The smallest absolute Gasteiger partial charge is 0.238 e. The van der Waals surface area contributed by atoms with Gasteiger partial charge in [-0.15, -0.1) is 11.8 Å². The molecule has 1 heterocycles. The van der Waals surface area contributed by atoms with Crippen LogP contribution in [0.25, 0.3) is 0 Å². The molecule has 5 heteroatoms. The summed E-state index contributed by atoms with van der Waals surface area (Å²) in [5.74, 6) is 1.79. The molecule has 0 bridgehead atoms. The number of aromatic nitrogens is 2. The van der Waals surface area contributed by atoms with E-state index in [4.69, 9.17) is 0 Å². The van der Waals surface area contributed by atoms with Crippen LogP contribution in [-0.2, 0) is 30.4 Å². The van der Waals surface area contributed by atoms with Crippen LogP contribution in [0.15, 0.2) is 30.3 Å². The van der Waals surface area contributed by atoms with Crippen LogP contribution in [0.1, 0.15) is 36.6 Å². The molecule has 0 fully saturated rings. The SMILES string of the molecule is CC(SCc1ccccc1)C(=O)Nc1c2c(nn1C)CCCC2. The minimum Gasteiger partial charge on any atom is -0.310 e. The van der Waals surface area contributed by atoms with Crippen molar-refractivity contribution in [3.63, 3.8) is 0 Å². The summed E-state index contributed by atoms with van der Waals surface area (Å²) in [5.41, 5.74) is 3.63. The van der Waals surface area contributed by atoms with Gasteiger partial charge in [-0.1, -0.05) is 30.3 Å². The van der Waals surface area contributed by atoms with Gasteiger partial charge in [0.1, 0.15) is 5.82 Å². The van der Waals surface area contributed by atoms with E-state index in [1.165, 1.54) is 24.0 Å². The summed E-state index contributed by atoms with van der Waals surface area (Å²) in [6.07, 6.45) is 4.42. The number of anilines is 1. The molecule has 23 heavy (non-hydrogen) atoms. The van der Waals surface area contributed by atoms with Gasteiger partial charge in [0.15, 0.2) is 0 Å². The Morgan fingerprint density at radius 3 is 2.83 bits per heavy atom. The summed E-state index contributed by atoms with van der Waals surface area (Å²) < 4.78 is 1.82. The predicted octanol–water partition coefficient (Wildman–Crippen LogP) is 3.56. The highest BCUT2D eigenvalue weighted by Crippen LogP contribution is 2.28. The van der Waals surface area contributed by atoms with E-state index < -0.39 is 0 Å². The normalized spacial score (nSPS) is 15.0. The van der Waals surface area contributed by atoms with Gasteiger partial charge in [0.05, 0.1) is 10.9 Å². The lowest BCUT2D eigenvalue weighted by Gasteiger charge is -2.15. The van der Waals surface area contributed by atoms with Gasteiger partial charge in [-0.25, -0.2) is 0 Å². The van der Waals surface area contributed by atoms with Crippen molar-refractivity contribution < 1.29 is 4.79 Å². The summed E-state index contributed by atoms with van der Waals surface area (Å²) >= 11 is 1.66. The molecule has 1 unspecified atom stereocenters. The zero-order valence-electron chi connectivity index (χ0n) is 13.7. The van der Waals surface area contributed by atoms with Gasteiger partial charge < -0.3 is 5.32 Å². The van der Waals surface area contributed by atoms with Crippen molar-refractivity contribution in [1.29, 1.82) is 0 Å². The number of fused-ring (bicyclic) bond motifs is 1. The fourth-order valence-electron chi connectivity index (χ4n) is 2.93. The highest BCUT2D eigenvalue weighted by molar-refractivity contribution is 7.99. The van der Waals surface area contributed by atoms with Crippen molar-refractivity contribution in [2.24, 2.45) is 7.05 Å². The Morgan fingerprint density at radius 2 is 2.04 bits per heavy atom. The van der Waals surface area contributed by atoms with Crippen molar-refractivity contribution >= 4 is 23.5 Å². The molecule has 2 aromatic rings. The molecule has 1 aromatic carbocycles. The van der Waals surface area contributed by atoms with Gasteiger partial charge in [0.2, 0.25) is 5.91 Å². The van der Waals surface area contributed by atoms with Gasteiger partial charge in [-0.3, -0.25) is 9.48 Å². The first kappa shape index (κ1) is 16.1. The topological polar surface area (TPSA) is 46.9 Å². The molecule has 0 spiro atoms. The van der Waals surface area contributed by atoms with E-state index in [0.29, 0.717) is 0 Å². The number of carbonyl (C=O) groups excluding carboxylic acids is 1. The Balaban J connectivity index is 1.61. The number of amides is 1. The highest BCUT2D eigenvalue weighted by Gasteiger charge is 2.22. The minimum atomic E-state index is -0.0932. The molecule has 1 aromatic heterocycles. The lowest BCUT2D eigenvalue weighted by atomic mass is 9.97. The van der Waals surface area contributed by atoms with E-state index >= 15 is 0 Å². The largest absolute Gasteiger partial charge is 0.310 e. The Bertz CT molecular complexity index is 681. The summed E-state index contributed by atoms with van der Waals surface area (Å²) in [6.45, 7) is 1.96. The number of nitrogens with zero attached hydrogens (tertiary/aromatic N) is 2. The average Bonchev–Trinajstić information content (AvgIpc) is 2.89. The first-order valence-electron chi connectivity index (χ1n) is 8.16. The zero-order chi connectivity index (χ0) is 16.2. The molecule has 0 saturated carbocycles. The molecule has 3 rings (SSSR count). The standard InChI is InChI=1S/C18H23N3OS/c1-13(23-12-14-8-4-3-5-9-14)18(22)19-17-15-10-6-7-11-16(15)20-21(17)2/h3-5,8-9,13H,6-7,10-12H2,1-2H3,(H,19,22). The lowest BCUT2D eigenvalue weighted by Crippen LogP contribution is -2.24. The van der Waals surface area contributed by atoms with E-state index in [0.717, 1.165) is 30.1 Å². The maximum absolute atomic E-state index is 12.5. The summed E-state index contributed by atoms with van der Waals surface area (Å²) in [4.78, 5) is 12.5. The molecular formula is C18H23N3OS. The van der Waals surface area contributed by atoms with Crippen LogP contribution in [0.4, 0.5) is 5.82 Å². The maximum Gasteiger partial charge on any atom is 0.238 e. The van der Waals surface area contributed by atoms with Gasteiger partial charge in [-0.05, 0) is 38.2 Å². The number of benzene rings is 1. The molecule has 0 saturated heterocycles. The number of rotatable bonds is 5. The Kier molecular flexibility index (Phi) is 5.06. The van der Waals surface area contributed by atoms with Crippen molar-refractivity contribution in [2.45, 2.75) is 43.6 Å². The van der Waals surface area contributed by atoms with Crippen LogP contribution in [0, 0.1) is 0 Å². The second-order valence-electron chi connectivity index (χ2n) is 6.03. The number of thioether (sulfide) groups is 1. The second kappa shape index (κ2) is 7.21. The monoisotopic (exact) mass is 329 g/mol. The fraction of sp³-hybridized carbons (Fsp3) is 0.444. The molecule has 122 valence electrons. The van der Waals surface area contributed by atoms with E-state index in [1.54, 1.807) is 11.8 Å². The third-order valence-electron chi connectivity index (χ3n) is 4.27. The summed E-state index contributed by atoms with van der Waals surface area (Å²) in [7, 11) is 1.91. The van der Waals surface area contributed by atoms with Crippen molar-refractivity contribution in [2.75, 3.05) is 5.32 Å². The van der Waals surface area contributed by atoms with Crippen molar-refractivity contribution in [3.8, 4) is 0 Å². The quantitative estimate of drug-likeness (QED) is 0.912. The van der Waals surface area contributed by atoms with Crippen LogP contribution in [0.3, 0.4) is 0 Å². The Morgan fingerprint density at radius 1 is 1.30 bits per heavy atom. The Hall–Kier alpha value is -1.75. The number of hydrogen-bond donors (Lipinski definition) is 1. The summed E-state index contributed by atoms with van der Waals surface area (Å²) in [6, 6.07) is 10.3. The molecule has 1 N–H and O–H groups in total. The third kappa shape index (κ3) is 3.78. The molecule has 1 aliphatic rings. The minimum absolute atomic E-state index is 0.0577. The van der Waals surface area contributed by atoms with E-state index in [2.05, 4.69) is 22.5 Å². The first-order chi connectivity index (χ1) is 11.1. The van der Waals surface area contributed by atoms with Gasteiger partial charge >= 0.3 is 0 Å². The van der Waals surface area contributed by atoms with Crippen LogP contribution in [-0.4, -0.2) is 20.9 Å². The average molecular weight is 329 g/mol. The molecule has 1 atom stereocenters. The van der Waals surface area contributed by atoms with Crippen molar-refractivity contribution in [3.05, 3.63) is 47.2 Å². The van der Waals surface area contributed by atoms with Crippen LogP contribution < -0.4 is 5.32 Å². The van der Waals surface area contributed by atoms with E-state index in [-0.39, 0.29) is 11.2 Å². The van der Waals surface area contributed by atoms with Gasteiger partial charge in [0, 0.05) is 18.4 Å². The molecule has 1 amide bonds. The second-order valence-corrected chi connectivity index (χ2v) is 7.36. The van der Waals surface area contributed by atoms with E-state index in [1.807, 2.05) is 36.9 Å². The van der Waals surface area contributed by atoms with Crippen LogP contribution in [0.2, 0.25) is 0 Å². The molecule has 0 aliphatic heterocycles. The van der Waals surface area contributed by atoms with Gasteiger partial charge in [-0.2, -0.15) is 5.10 Å². The molecule has 0 radical (unpaired) electrons. The fourth-order valence-corrected chi connectivity index (χ4v) is 3.77. The first-order valence-corrected chi connectivity index (χ1v) is 9.21. The van der Waals surface area contributed by atoms with Crippen molar-refractivity contribution in [1.82, 2.24) is 9.78 Å². The number of hydrogen-bond acceptors (Lipinski definition) is 3. The third-order valence-corrected chi connectivity index (χ3v) is 5.49. The van der Waals surface area contributed by atoms with Crippen LogP contribution in [0.5, 0.6) is 0 Å². The predicted molar refractivity (Wildman–Crippen MR) is 95.7 cm³/mol. The number of aryl methyl sites for hydroxylation is 2. The highest BCUT2D eigenvalue weighted by atomic mass is 32.2. The Labute approximate surface area is 141 Å². The lowest BCUT2D eigenvalue weighted by molar-refractivity contribution is -0.115. The number of carbonyl (C=O) groups is 1. The van der Waals surface area contributed by atoms with Crippen LogP contribution >= 0.6 is 11.8 Å². The zero-order valence-corrected chi connectivity index (χ0v) is 14.5. The molecule has 1 aliphatic carbocycles.